The van der Waals surface area contributed by atoms with E-state index in [1.807, 2.05) is 17.5 Å². The summed E-state index contributed by atoms with van der Waals surface area (Å²) in [5.41, 5.74) is 0.0322. The summed E-state index contributed by atoms with van der Waals surface area (Å²) in [7, 11) is 0. The Morgan fingerprint density at radius 3 is 2.80 bits per heavy atom. The summed E-state index contributed by atoms with van der Waals surface area (Å²) in [4.78, 5) is 22.0. The third kappa shape index (κ3) is 5.96. The maximum absolute atomic E-state index is 13.1. The zero-order valence-corrected chi connectivity index (χ0v) is 17.5. The Bertz CT molecular complexity index is 1040. The number of nitrogens with one attached hydrogen (secondary N) is 1. The number of thioether (sulfide) groups is 1. The molecule has 0 bridgehead atoms. The lowest BCUT2D eigenvalue weighted by atomic mass is 10.2. The summed E-state index contributed by atoms with van der Waals surface area (Å²) in [6.07, 6.45) is -4.52. The molecule has 1 aromatic carbocycles. The molecule has 2 heterocycles. The lowest BCUT2D eigenvalue weighted by Crippen LogP contribution is -2.29. The number of carbonyl (C=O) groups is 1. The van der Waals surface area contributed by atoms with Gasteiger partial charge in [-0.15, -0.1) is 23.1 Å². The Hall–Kier alpha value is -2.59. The van der Waals surface area contributed by atoms with Gasteiger partial charge in [0, 0.05) is 22.6 Å². The lowest BCUT2D eigenvalue weighted by Gasteiger charge is -2.11. The number of pyridine rings is 1. The number of carbonyl (C=O) groups excluding carboxylic acids is 1. The van der Waals surface area contributed by atoms with Gasteiger partial charge in [-0.3, -0.25) is 4.79 Å². The van der Waals surface area contributed by atoms with Gasteiger partial charge in [-0.1, -0.05) is 29.4 Å². The van der Waals surface area contributed by atoms with Crippen LogP contribution < -0.4 is 5.32 Å². The van der Waals surface area contributed by atoms with Crippen LogP contribution in [0, 0.1) is 0 Å². The molecule has 0 aliphatic carbocycles. The minimum Gasteiger partial charge on any atom is -0.385 e. The van der Waals surface area contributed by atoms with Crippen LogP contribution in [-0.2, 0) is 15.8 Å². The van der Waals surface area contributed by atoms with Crippen LogP contribution in [0.3, 0.4) is 0 Å². The van der Waals surface area contributed by atoms with Crippen molar-refractivity contribution in [1.29, 1.82) is 0 Å². The van der Waals surface area contributed by atoms with E-state index in [0.29, 0.717) is 21.7 Å². The molecular formula is C20H18F3N3O2S2. The van der Waals surface area contributed by atoms with Gasteiger partial charge in [-0.25, -0.2) is 4.98 Å². The van der Waals surface area contributed by atoms with Crippen molar-refractivity contribution < 1.29 is 22.8 Å². The Kier molecular flexibility index (Phi) is 7.33. The predicted octanol–water partition coefficient (Wildman–Crippen LogP) is 4.96. The zero-order valence-electron chi connectivity index (χ0n) is 15.9. The fourth-order valence-electron chi connectivity index (χ4n) is 2.53. The number of rotatable bonds is 8. The Balaban J connectivity index is 1.51. The lowest BCUT2D eigenvalue weighted by molar-refractivity contribution is -0.141. The molecule has 158 valence electrons. The number of hydrogen-bond acceptors (Lipinski definition) is 6. The summed E-state index contributed by atoms with van der Waals surface area (Å²) in [5.74, 6) is 0.0445. The minimum absolute atomic E-state index is 0.232. The van der Waals surface area contributed by atoms with Crippen molar-refractivity contribution in [2.75, 3.05) is 18.9 Å². The number of aromatic nitrogens is 1. The van der Waals surface area contributed by atoms with Gasteiger partial charge in [0.15, 0.2) is 6.61 Å². The van der Waals surface area contributed by atoms with Gasteiger partial charge < -0.3 is 10.2 Å². The first kappa shape index (κ1) is 22.1. The van der Waals surface area contributed by atoms with Gasteiger partial charge in [-0.05, 0) is 30.5 Å². The molecule has 0 fully saturated rings. The number of nitrogens with zero attached hydrogens (tertiary/aromatic N) is 2. The molecule has 1 N–H and O–H groups in total. The SMILES string of the molecule is C/C(=N/OCC(=O)NCCSc1cc(C(F)(F)F)nc2ccccc12)c1cccs1. The van der Waals surface area contributed by atoms with E-state index in [1.54, 1.807) is 31.2 Å². The van der Waals surface area contributed by atoms with Crippen molar-refractivity contribution in [3.8, 4) is 0 Å². The molecule has 0 unspecified atom stereocenters. The summed E-state index contributed by atoms with van der Waals surface area (Å²) in [5, 5.41) is 9.12. The molecular weight excluding hydrogens is 435 g/mol. The molecule has 0 aliphatic rings. The van der Waals surface area contributed by atoms with Gasteiger partial charge >= 0.3 is 6.18 Å². The third-order valence-corrected chi connectivity index (χ3v) is 5.96. The monoisotopic (exact) mass is 453 g/mol. The Morgan fingerprint density at radius 2 is 2.07 bits per heavy atom. The highest BCUT2D eigenvalue weighted by Gasteiger charge is 2.33. The van der Waals surface area contributed by atoms with Gasteiger partial charge in [0.05, 0.1) is 16.1 Å². The van der Waals surface area contributed by atoms with E-state index in [4.69, 9.17) is 4.84 Å². The number of para-hydroxylation sites is 1. The standard InChI is InChI=1S/C20H18F3N3O2S2/c1-13(16-7-4-9-29-16)26-28-12-19(27)24-8-10-30-17-11-18(20(21,22)23)25-15-6-3-2-5-14(15)17/h2-7,9,11H,8,10,12H2,1H3,(H,24,27)/b26-13-. The summed E-state index contributed by atoms with van der Waals surface area (Å²) in [6, 6.07) is 11.5. The number of thiophene rings is 1. The van der Waals surface area contributed by atoms with E-state index in [1.165, 1.54) is 23.1 Å². The summed E-state index contributed by atoms with van der Waals surface area (Å²) in [6.45, 7) is 1.83. The molecule has 0 saturated carbocycles. The van der Waals surface area contributed by atoms with Gasteiger partial charge in [0.2, 0.25) is 0 Å². The number of fused-ring (bicyclic) bond motifs is 1. The van der Waals surface area contributed by atoms with E-state index in [9.17, 15) is 18.0 Å². The number of benzene rings is 1. The second kappa shape index (κ2) is 9.94. The molecule has 0 aliphatic heterocycles. The number of amides is 1. The van der Waals surface area contributed by atoms with Crippen molar-refractivity contribution in [2.24, 2.45) is 5.16 Å². The highest BCUT2D eigenvalue weighted by molar-refractivity contribution is 7.99. The average Bonchev–Trinajstić information content (AvgIpc) is 3.25. The topological polar surface area (TPSA) is 63.6 Å². The minimum atomic E-state index is -4.52. The van der Waals surface area contributed by atoms with Gasteiger partial charge in [-0.2, -0.15) is 13.2 Å². The predicted molar refractivity (Wildman–Crippen MR) is 113 cm³/mol. The van der Waals surface area contributed by atoms with Crippen LogP contribution in [0.25, 0.3) is 10.9 Å². The van der Waals surface area contributed by atoms with Crippen LogP contribution in [0.4, 0.5) is 13.2 Å². The molecule has 10 heteroatoms. The van der Waals surface area contributed by atoms with Gasteiger partial charge in [0.25, 0.3) is 5.91 Å². The van der Waals surface area contributed by atoms with E-state index >= 15 is 0 Å². The van der Waals surface area contributed by atoms with Crippen molar-refractivity contribution >= 4 is 45.6 Å². The maximum atomic E-state index is 13.1. The van der Waals surface area contributed by atoms with Crippen LogP contribution in [0.5, 0.6) is 0 Å². The van der Waals surface area contributed by atoms with E-state index in [2.05, 4.69) is 15.5 Å². The second-order valence-corrected chi connectivity index (χ2v) is 8.23. The van der Waals surface area contributed by atoms with E-state index in [0.717, 1.165) is 10.9 Å². The fourth-order valence-corrected chi connectivity index (χ4v) is 4.14. The van der Waals surface area contributed by atoms with Crippen LogP contribution in [-0.4, -0.2) is 35.5 Å². The van der Waals surface area contributed by atoms with Crippen molar-refractivity contribution in [3.05, 3.63) is 58.4 Å². The quantitative estimate of drug-likeness (QED) is 0.227. The molecule has 0 radical (unpaired) electrons. The number of hydrogen-bond donors (Lipinski definition) is 1. The first-order valence-electron chi connectivity index (χ1n) is 8.91. The largest absolute Gasteiger partial charge is 0.433 e. The maximum Gasteiger partial charge on any atom is 0.433 e. The number of oxime groups is 1. The zero-order chi connectivity index (χ0) is 21.6. The smallest absolute Gasteiger partial charge is 0.385 e. The molecule has 30 heavy (non-hydrogen) atoms. The van der Waals surface area contributed by atoms with Crippen LogP contribution in [0.1, 0.15) is 17.5 Å². The fraction of sp³-hybridized carbons (Fsp3) is 0.250. The molecule has 3 rings (SSSR count). The summed E-state index contributed by atoms with van der Waals surface area (Å²) < 4.78 is 39.3. The van der Waals surface area contributed by atoms with Crippen molar-refractivity contribution in [3.63, 3.8) is 0 Å². The molecule has 1 amide bonds. The molecule has 5 nitrogen and oxygen atoms in total. The summed E-state index contributed by atoms with van der Waals surface area (Å²) >= 11 is 2.75. The molecule has 0 atom stereocenters. The Morgan fingerprint density at radius 1 is 1.27 bits per heavy atom. The molecule has 0 saturated heterocycles. The van der Waals surface area contributed by atoms with Crippen LogP contribution in [0.2, 0.25) is 0 Å². The average molecular weight is 454 g/mol. The van der Waals surface area contributed by atoms with Crippen LogP contribution >= 0.6 is 23.1 Å². The van der Waals surface area contributed by atoms with E-state index < -0.39 is 11.9 Å². The van der Waals surface area contributed by atoms with Crippen molar-refractivity contribution in [2.45, 2.75) is 18.0 Å². The highest BCUT2D eigenvalue weighted by Crippen LogP contribution is 2.34. The number of halogens is 3. The highest BCUT2D eigenvalue weighted by atomic mass is 32.2. The van der Waals surface area contributed by atoms with Crippen LogP contribution in [0.15, 0.2) is 57.9 Å². The normalized spacial score (nSPS) is 12.2. The first-order chi connectivity index (χ1) is 14.3. The van der Waals surface area contributed by atoms with Gasteiger partial charge in [0.1, 0.15) is 5.69 Å². The second-order valence-electron chi connectivity index (χ2n) is 6.15. The molecule has 0 spiro atoms. The van der Waals surface area contributed by atoms with Crippen molar-refractivity contribution in [1.82, 2.24) is 10.3 Å². The first-order valence-corrected chi connectivity index (χ1v) is 10.8. The Labute approximate surface area is 179 Å². The molecule has 2 aromatic heterocycles. The third-order valence-electron chi connectivity index (χ3n) is 3.93. The van der Waals surface area contributed by atoms with E-state index in [-0.39, 0.29) is 24.6 Å². The molecule has 3 aromatic rings. The number of alkyl halides is 3.